The number of aliphatic hydroxyl groups is 1. The summed E-state index contributed by atoms with van der Waals surface area (Å²) in [5.74, 6) is 0.661. The summed E-state index contributed by atoms with van der Waals surface area (Å²) in [4.78, 5) is 32.1. The molecule has 0 amide bonds. The zero-order chi connectivity index (χ0) is 23.7. The Kier molecular flexibility index (Phi) is 5.47. The zero-order valence-corrected chi connectivity index (χ0v) is 20.3. The molecule has 2 N–H and O–H groups in total. The van der Waals surface area contributed by atoms with Gasteiger partial charge in [0.25, 0.3) is 0 Å². The van der Waals surface area contributed by atoms with Gasteiger partial charge in [-0.3, -0.25) is 14.4 Å². The first-order chi connectivity index (χ1) is 16.3. The molecule has 0 radical (unpaired) electrons. The largest absolute Gasteiger partial charge is 0.393 e. The van der Waals surface area contributed by atoms with Gasteiger partial charge in [0.1, 0.15) is 6.61 Å². The Labute approximate surface area is 201 Å². The predicted octanol–water partition coefficient (Wildman–Crippen LogP) is 2.88. The summed E-state index contributed by atoms with van der Waals surface area (Å²) in [6, 6.07) is 0. The summed E-state index contributed by atoms with van der Waals surface area (Å²) in [5.41, 5.74) is 2.40. The fourth-order valence-corrected chi connectivity index (χ4v) is 8.88. The van der Waals surface area contributed by atoms with E-state index in [1.807, 2.05) is 6.08 Å². The number of aliphatic hydroxyl groups excluding tert-OH is 1. The van der Waals surface area contributed by atoms with Gasteiger partial charge in [-0.25, -0.2) is 5.48 Å². The van der Waals surface area contributed by atoms with Crippen molar-refractivity contribution in [3.05, 3.63) is 23.8 Å². The maximum absolute atomic E-state index is 13.9. The monoisotopic (exact) mass is 471 g/mol. The number of hydroxylamine groups is 1. The van der Waals surface area contributed by atoms with E-state index in [0.717, 1.165) is 44.1 Å². The molecule has 1 unspecified atom stereocenters. The van der Waals surface area contributed by atoms with Crippen LogP contribution in [0.4, 0.5) is 0 Å². The van der Waals surface area contributed by atoms with Gasteiger partial charge >= 0.3 is 0 Å². The molecule has 9 atom stereocenters. The lowest BCUT2D eigenvalue weighted by molar-refractivity contribution is -0.209. The van der Waals surface area contributed by atoms with Crippen molar-refractivity contribution in [2.75, 3.05) is 19.8 Å². The predicted molar refractivity (Wildman–Crippen MR) is 123 cm³/mol. The van der Waals surface area contributed by atoms with Gasteiger partial charge in [-0.05, 0) is 68.9 Å². The summed E-state index contributed by atoms with van der Waals surface area (Å²) in [7, 11) is 0. The minimum atomic E-state index is -0.992. The van der Waals surface area contributed by atoms with Crippen LogP contribution >= 0.6 is 0 Å². The highest BCUT2D eigenvalue weighted by atomic mass is 16.7. The summed E-state index contributed by atoms with van der Waals surface area (Å²) < 4.78 is 11.6. The molecule has 4 aliphatic carbocycles. The van der Waals surface area contributed by atoms with Gasteiger partial charge in [-0.15, -0.1) is 0 Å². The second-order valence-electron chi connectivity index (χ2n) is 11.9. The Hall–Kier alpha value is -1.38. The van der Waals surface area contributed by atoms with E-state index in [4.69, 9.17) is 14.3 Å². The standard InChI is InChI=1S/C27H37NO6/c1-25-9-8-18(29)11-16(25)6-7-19-20-12-17-14-28-34-27(17,26(20,2)13-21(30)24(19)25)22(31)15-33-23-5-3-4-10-32-23/h8-9,11,17,19-21,23-24,28,30H,3-7,10,12-15H2,1-2H3/t17-,19-,20-,21-,23?,24+,25-,26-,27-/m0/s1. The normalized spacial score (nSPS) is 49.6. The fourth-order valence-electron chi connectivity index (χ4n) is 8.88. The molecule has 186 valence electrons. The van der Waals surface area contributed by atoms with Gasteiger partial charge in [0, 0.05) is 35.8 Å². The van der Waals surface area contributed by atoms with Crippen LogP contribution in [0.1, 0.15) is 58.8 Å². The molecule has 2 aliphatic heterocycles. The number of hydrogen-bond acceptors (Lipinski definition) is 7. The van der Waals surface area contributed by atoms with Crippen LogP contribution < -0.4 is 5.48 Å². The molecule has 6 aliphatic rings. The lowest BCUT2D eigenvalue weighted by Gasteiger charge is -2.59. The molecule has 0 aromatic heterocycles. The molecule has 3 saturated carbocycles. The van der Waals surface area contributed by atoms with Crippen LogP contribution in [-0.4, -0.2) is 54.4 Å². The van der Waals surface area contributed by atoms with Crippen molar-refractivity contribution < 1.29 is 29.0 Å². The van der Waals surface area contributed by atoms with Crippen molar-refractivity contribution >= 4 is 11.6 Å². The van der Waals surface area contributed by atoms with E-state index in [9.17, 15) is 14.7 Å². The number of fused-ring (bicyclic) bond motifs is 7. The van der Waals surface area contributed by atoms with Crippen LogP contribution in [0.15, 0.2) is 23.8 Å². The minimum absolute atomic E-state index is 0.0230. The number of hydrogen-bond donors (Lipinski definition) is 2. The molecule has 7 heteroatoms. The third-order valence-corrected chi connectivity index (χ3v) is 10.4. The molecule has 0 spiro atoms. The highest BCUT2D eigenvalue weighted by Crippen LogP contribution is 2.69. The number of ketones is 2. The highest BCUT2D eigenvalue weighted by molar-refractivity contribution is 6.01. The quantitative estimate of drug-likeness (QED) is 0.651. The van der Waals surface area contributed by atoms with Crippen LogP contribution in [0.25, 0.3) is 0 Å². The summed E-state index contributed by atoms with van der Waals surface area (Å²) in [6.07, 6.45) is 10.7. The molecule has 5 fully saturated rings. The first-order valence-electron chi connectivity index (χ1n) is 13.1. The van der Waals surface area contributed by atoms with E-state index in [-0.39, 0.29) is 53.6 Å². The van der Waals surface area contributed by atoms with Crippen LogP contribution in [0.2, 0.25) is 0 Å². The Morgan fingerprint density at radius 1 is 1.29 bits per heavy atom. The topological polar surface area (TPSA) is 94.1 Å². The Morgan fingerprint density at radius 2 is 2.15 bits per heavy atom. The number of carbonyl (C=O) groups excluding carboxylic acids is 2. The van der Waals surface area contributed by atoms with E-state index in [1.54, 1.807) is 12.2 Å². The van der Waals surface area contributed by atoms with Crippen molar-refractivity contribution in [3.8, 4) is 0 Å². The number of carbonyl (C=O) groups is 2. The lowest BCUT2D eigenvalue weighted by Crippen LogP contribution is -2.63. The molecule has 34 heavy (non-hydrogen) atoms. The number of allylic oxidation sites excluding steroid dienone is 4. The third-order valence-electron chi connectivity index (χ3n) is 10.4. The number of rotatable bonds is 4. The van der Waals surface area contributed by atoms with Gasteiger partial charge < -0.3 is 14.6 Å². The van der Waals surface area contributed by atoms with Gasteiger partial charge in [0.2, 0.25) is 0 Å². The van der Waals surface area contributed by atoms with Crippen molar-refractivity contribution in [1.82, 2.24) is 5.48 Å². The molecule has 7 nitrogen and oxygen atoms in total. The first-order valence-corrected chi connectivity index (χ1v) is 13.1. The average Bonchev–Trinajstić information content (AvgIpc) is 3.35. The van der Waals surface area contributed by atoms with Crippen LogP contribution in [0.5, 0.6) is 0 Å². The number of nitrogens with one attached hydrogen (secondary N) is 1. The molecular formula is C27H37NO6. The molecule has 2 heterocycles. The Bertz CT molecular complexity index is 939. The molecule has 0 aromatic rings. The second-order valence-corrected chi connectivity index (χ2v) is 11.9. The summed E-state index contributed by atoms with van der Waals surface area (Å²) in [5, 5.41) is 11.7. The molecule has 0 bridgehead atoms. The van der Waals surface area contributed by atoms with Crippen molar-refractivity contribution in [2.24, 2.45) is 34.5 Å². The van der Waals surface area contributed by atoms with Crippen LogP contribution in [-0.2, 0) is 23.9 Å². The van der Waals surface area contributed by atoms with E-state index in [1.165, 1.54) is 0 Å². The first kappa shape index (κ1) is 23.0. The molecule has 2 saturated heterocycles. The molecular weight excluding hydrogens is 434 g/mol. The average molecular weight is 472 g/mol. The maximum atomic E-state index is 13.9. The molecule has 6 rings (SSSR count). The van der Waals surface area contributed by atoms with Crippen LogP contribution in [0, 0.1) is 34.5 Å². The highest BCUT2D eigenvalue weighted by Gasteiger charge is 2.74. The number of Topliss-reactive ketones (excluding diaryl/α,β-unsaturated/α-hetero) is 1. The number of ether oxygens (including phenoxy) is 2. The van der Waals surface area contributed by atoms with Gasteiger partial charge in [-0.2, -0.15) is 0 Å². The van der Waals surface area contributed by atoms with Crippen molar-refractivity contribution in [3.63, 3.8) is 0 Å². The summed E-state index contributed by atoms with van der Waals surface area (Å²) in [6.45, 7) is 5.63. The van der Waals surface area contributed by atoms with E-state index < -0.39 is 17.1 Å². The minimum Gasteiger partial charge on any atom is -0.393 e. The van der Waals surface area contributed by atoms with Gasteiger partial charge in [0.05, 0.1) is 6.10 Å². The van der Waals surface area contributed by atoms with E-state index >= 15 is 0 Å². The fraction of sp³-hybridized carbons (Fsp3) is 0.778. The van der Waals surface area contributed by atoms with E-state index in [2.05, 4.69) is 19.3 Å². The second kappa shape index (κ2) is 8.07. The zero-order valence-electron chi connectivity index (χ0n) is 20.3. The van der Waals surface area contributed by atoms with Crippen molar-refractivity contribution in [1.29, 1.82) is 0 Å². The van der Waals surface area contributed by atoms with Gasteiger partial charge in [0.15, 0.2) is 23.5 Å². The van der Waals surface area contributed by atoms with Gasteiger partial charge in [-0.1, -0.05) is 25.5 Å². The lowest BCUT2D eigenvalue weighted by atomic mass is 9.46. The van der Waals surface area contributed by atoms with Crippen molar-refractivity contribution in [2.45, 2.75) is 76.8 Å². The van der Waals surface area contributed by atoms with Crippen LogP contribution in [0.3, 0.4) is 0 Å². The third kappa shape index (κ3) is 3.07. The Balaban J connectivity index is 1.30. The van der Waals surface area contributed by atoms with E-state index in [0.29, 0.717) is 19.6 Å². The maximum Gasteiger partial charge on any atom is 0.193 e. The smallest absolute Gasteiger partial charge is 0.193 e. The summed E-state index contributed by atoms with van der Waals surface area (Å²) >= 11 is 0. The molecule has 0 aromatic carbocycles. The Morgan fingerprint density at radius 3 is 2.94 bits per heavy atom. The SMILES string of the molecule is C[C@]12C=CC(=O)C=C1CC[C@@H]1[C@@H]2[C@@H](O)C[C@@]2(C)[C@H]1C[C@H]1CNO[C@]12C(=O)COC1CCCCO1.